The predicted molar refractivity (Wildman–Crippen MR) is 43.2 cm³/mol. The zero-order valence-electron chi connectivity index (χ0n) is 6.46. The van der Waals surface area contributed by atoms with E-state index < -0.39 is 0 Å². The van der Waals surface area contributed by atoms with E-state index in [1.54, 1.807) is 24.5 Å². The predicted octanol–water partition coefficient (Wildman–Crippen LogP) is 0.489. The van der Waals surface area contributed by atoms with Gasteiger partial charge in [-0.1, -0.05) is 0 Å². The molecule has 0 saturated carbocycles. The molecule has 5 heteroatoms. The minimum absolute atomic E-state index is 0.285. The average Bonchev–Trinajstić information content (AvgIpc) is 2.36. The van der Waals surface area contributed by atoms with E-state index in [2.05, 4.69) is 4.72 Å². The molecular weight excluding hydrogens is 164 g/mol. The summed E-state index contributed by atoms with van der Waals surface area (Å²) in [5, 5.41) is 0. The van der Waals surface area contributed by atoms with E-state index in [0.717, 1.165) is 0 Å². The van der Waals surface area contributed by atoms with Gasteiger partial charge < -0.3 is 9.46 Å². The van der Waals surface area contributed by atoms with E-state index in [1.807, 2.05) is 0 Å². The van der Waals surface area contributed by atoms with Crippen LogP contribution in [-0.4, -0.2) is 23.9 Å². The lowest BCUT2D eigenvalue weighted by Gasteiger charge is -2.10. The Bertz CT molecular complexity index is 193. The number of nitrogens with zero attached hydrogens (tertiary/aromatic N) is 1. The summed E-state index contributed by atoms with van der Waals surface area (Å²) < 4.78 is 9.36. The van der Waals surface area contributed by atoms with Gasteiger partial charge in [-0.05, 0) is 6.92 Å². The van der Waals surface area contributed by atoms with Gasteiger partial charge in [0.25, 0.3) is 0 Å². The number of carbonyl (C=O) groups excluding carboxylic acids is 1. The lowest BCUT2D eigenvalue weighted by atomic mass is 10.5. The summed E-state index contributed by atoms with van der Waals surface area (Å²) >= 11 is 1.35. The van der Waals surface area contributed by atoms with Crippen LogP contribution in [-0.2, 0) is 9.53 Å². The molecule has 0 saturated heterocycles. The second-order valence-electron chi connectivity index (χ2n) is 1.96. The van der Waals surface area contributed by atoms with Crippen LogP contribution in [0.25, 0.3) is 0 Å². The van der Waals surface area contributed by atoms with E-state index in [1.165, 1.54) is 12.1 Å². The maximum atomic E-state index is 11.1. The van der Waals surface area contributed by atoms with Gasteiger partial charge >= 0.3 is 5.97 Å². The number of likely N-dealkylation sites (N-methyl/N-ethyl adjacent to an activating group) is 1. The third kappa shape index (κ3) is 1.80. The van der Waals surface area contributed by atoms with Crippen molar-refractivity contribution in [1.29, 1.82) is 0 Å². The summed E-state index contributed by atoms with van der Waals surface area (Å²) in [5.74, 6) is -0.285. The Morgan fingerprint density at radius 3 is 3.09 bits per heavy atom. The molecule has 0 amide bonds. The molecule has 0 atom stereocenters. The molecule has 0 spiro atoms. The molecule has 0 aromatic rings. The van der Waals surface area contributed by atoms with Crippen LogP contribution in [0, 0.1) is 0 Å². The van der Waals surface area contributed by atoms with Crippen molar-refractivity contribution in [3.63, 3.8) is 0 Å². The maximum Gasteiger partial charge on any atom is 0.357 e. The van der Waals surface area contributed by atoms with Gasteiger partial charge in [0.05, 0.1) is 18.7 Å². The fraction of sp³-hybridized carbons (Fsp3) is 0.500. The highest BCUT2D eigenvalue weighted by atomic mass is 32.2. The van der Waals surface area contributed by atoms with E-state index in [9.17, 15) is 4.79 Å². The quantitative estimate of drug-likeness (QED) is 0.487. The van der Waals surface area contributed by atoms with E-state index in [-0.39, 0.29) is 5.97 Å². The minimum atomic E-state index is -0.285. The SMILES string of the molecule is CCOC(=O)C1=CNSN1C. The number of nitrogens with one attached hydrogen (secondary N) is 1. The summed E-state index contributed by atoms with van der Waals surface area (Å²) in [6.07, 6.45) is 1.63. The molecule has 1 rings (SSSR count). The molecule has 1 aliphatic rings. The van der Waals surface area contributed by atoms with Crippen molar-refractivity contribution in [2.45, 2.75) is 6.92 Å². The Hall–Kier alpha value is -0.840. The number of ether oxygens (including phenoxy) is 1. The van der Waals surface area contributed by atoms with Gasteiger partial charge in [-0.25, -0.2) is 4.79 Å². The first kappa shape index (κ1) is 8.26. The van der Waals surface area contributed by atoms with Gasteiger partial charge in [0.1, 0.15) is 0 Å². The van der Waals surface area contributed by atoms with Gasteiger partial charge in [0, 0.05) is 13.2 Å². The number of hydrogen-bond donors (Lipinski definition) is 1. The fourth-order valence-corrected chi connectivity index (χ4v) is 1.24. The first-order valence-corrected chi connectivity index (χ1v) is 4.06. The van der Waals surface area contributed by atoms with Crippen molar-refractivity contribution in [2.75, 3.05) is 13.7 Å². The summed E-state index contributed by atoms with van der Waals surface area (Å²) in [4.78, 5) is 11.1. The van der Waals surface area contributed by atoms with Crippen LogP contribution in [0.3, 0.4) is 0 Å². The normalized spacial score (nSPS) is 15.8. The molecule has 0 radical (unpaired) electrons. The van der Waals surface area contributed by atoms with E-state index >= 15 is 0 Å². The topological polar surface area (TPSA) is 41.6 Å². The zero-order valence-corrected chi connectivity index (χ0v) is 7.27. The fourth-order valence-electron chi connectivity index (χ4n) is 0.694. The van der Waals surface area contributed by atoms with Crippen molar-refractivity contribution < 1.29 is 9.53 Å². The summed E-state index contributed by atoms with van der Waals surface area (Å²) in [6, 6.07) is 0. The highest BCUT2D eigenvalue weighted by Crippen LogP contribution is 2.18. The van der Waals surface area contributed by atoms with Crippen LogP contribution in [0.2, 0.25) is 0 Å². The van der Waals surface area contributed by atoms with Crippen molar-refractivity contribution in [3.05, 3.63) is 11.9 Å². The van der Waals surface area contributed by atoms with Gasteiger partial charge in [0.2, 0.25) is 0 Å². The lowest BCUT2D eigenvalue weighted by Crippen LogP contribution is -2.16. The standard InChI is InChI=1S/C6H10N2O2S/c1-3-10-6(9)5-4-7-11-8(5)2/h4,7H,3H2,1-2H3. The van der Waals surface area contributed by atoms with Crippen LogP contribution in [0.5, 0.6) is 0 Å². The smallest absolute Gasteiger partial charge is 0.357 e. The van der Waals surface area contributed by atoms with Crippen molar-refractivity contribution in [1.82, 2.24) is 9.03 Å². The Kier molecular flexibility index (Phi) is 2.64. The van der Waals surface area contributed by atoms with Crippen LogP contribution < -0.4 is 4.72 Å². The second-order valence-corrected chi connectivity index (χ2v) is 2.92. The maximum absolute atomic E-state index is 11.1. The molecule has 1 N–H and O–H groups in total. The zero-order chi connectivity index (χ0) is 8.27. The first-order valence-electron chi connectivity index (χ1n) is 3.29. The Balaban J connectivity index is 2.52. The summed E-state index contributed by atoms with van der Waals surface area (Å²) in [7, 11) is 1.80. The molecule has 11 heavy (non-hydrogen) atoms. The molecule has 0 unspecified atom stereocenters. The third-order valence-electron chi connectivity index (χ3n) is 1.21. The molecule has 1 aliphatic heterocycles. The van der Waals surface area contributed by atoms with Gasteiger partial charge in [-0.15, -0.1) is 0 Å². The molecule has 0 aromatic heterocycles. The Labute approximate surface area is 69.8 Å². The average molecular weight is 174 g/mol. The lowest BCUT2D eigenvalue weighted by molar-refractivity contribution is -0.139. The molecule has 62 valence electrons. The Morgan fingerprint density at radius 1 is 1.91 bits per heavy atom. The van der Waals surface area contributed by atoms with Crippen LogP contribution in [0.15, 0.2) is 11.9 Å². The van der Waals surface area contributed by atoms with E-state index in [0.29, 0.717) is 12.3 Å². The first-order chi connectivity index (χ1) is 5.25. The van der Waals surface area contributed by atoms with Gasteiger partial charge in [-0.3, -0.25) is 4.31 Å². The number of rotatable bonds is 2. The summed E-state index contributed by atoms with van der Waals surface area (Å²) in [5.41, 5.74) is 0.553. The number of hydrogen-bond acceptors (Lipinski definition) is 5. The minimum Gasteiger partial charge on any atom is -0.461 e. The highest BCUT2D eigenvalue weighted by molar-refractivity contribution is 7.95. The van der Waals surface area contributed by atoms with Crippen molar-refractivity contribution >= 4 is 18.1 Å². The van der Waals surface area contributed by atoms with E-state index in [4.69, 9.17) is 4.74 Å². The highest BCUT2D eigenvalue weighted by Gasteiger charge is 2.19. The summed E-state index contributed by atoms with van der Waals surface area (Å²) in [6.45, 7) is 2.20. The molecule has 1 heterocycles. The molecule has 0 bridgehead atoms. The second kappa shape index (κ2) is 3.52. The molecule has 0 aromatic carbocycles. The van der Waals surface area contributed by atoms with Crippen LogP contribution in [0.4, 0.5) is 0 Å². The molecule has 0 aliphatic carbocycles. The third-order valence-corrected chi connectivity index (χ3v) is 1.90. The van der Waals surface area contributed by atoms with Crippen molar-refractivity contribution in [2.24, 2.45) is 0 Å². The van der Waals surface area contributed by atoms with Crippen LogP contribution >= 0.6 is 12.1 Å². The number of carbonyl (C=O) groups is 1. The number of esters is 1. The molecule has 0 fully saturated rings. The molecular formula is C6H10N2O2S. The Morgan fingerprint density at radius 2 is 2.64 bits per heavy atom. The monoisotopic (exact) mass is 174 g/mol. The van der Waals surface area contributed by atoms with Gasteiger partial charge in [0.15, 0.2) is 5.70 Å². The van der Waals surface area contributed by atoms with Crippen LogP contribution in [0.1, 0.15) is 6.92 Å². The van der Waals surface area contributed by atoms with Gasteiger partial charge in [-0.2, -0.15) is 0 Å². The molecule has 4 nitrogen and oxygen atoms in total. The largest absolute Gasteiger partial charge is 0.461 e. The van der Waals surface area contributed by atoms with Crippen molar-refractivity contribution in [3.8, 4) is 0 Å².